The first-order chi connectivity index (χ1) is 18.5. The van der Waals surface area contributed by atoms with Crippen molar-refractivity contribution in [2.45, 2.75) is 57.9 Å². The minimum atomic E-state index is -1.20. The summed E-state index contributed by atoms with van der Waals surface area (Å²) in [4.78, 5) is 29.7. The van der Waals surface area contributed by atoms with Gasteiger partial charge in [0.1, 0.15) is 11.2 Å². The molecule has 0 saturated carbocycles. The summed E-state index contributed by atoms with van der Waals surface area (Å²) < 4.78 is 15.8. The third-order valence-corrected chi connectivity index (χ3v) is 9.07. The molecule has 1 unspecified atom stereocenters. The summed E-state index contributed by atoms with van der Waals surface area (Å²) in [6.07, 6.45) is 3.72. The highest BCUT2D eigenvalue weighted by Crippen LogP contribution is 2.60. The maximum absolute atomic E-state index is 15.8. The van der Waals surface area contributed by atoms with E-state index in [0.717, 1.165) is 37.9 Å². The third-order valence-electron chi connectivity index (χ3n) is 8.54. The van der Waals surface area contributed by atoms with E-state index in [9.17, 15) is 9.59 Å². The van der Waals surface area contributed by atoms with Crippen molar-refractivity contribution in [2.75, 3.05) is 31.5 Å². The Hall–Kier alpha value is -2.35. The molecule has 5 rings (SSSR count). The lowest BCUT2D eigenvalue weighted by Gasteiger charge is -2.38. The van der Waals surface area contributed by atoms with E-state index in [1.807, 2.05) is 6.07 Å². The molecule has 0 radical (unpaired) electrons. The Bertz CT molecular complexity index is 1260. The number of carbonyl (C=O) groups excluding carboxylic acids is 2. The number of fused-ring (bicyclic) bond motifs is 2. The van der Waals surface area contributed by atoms with Gasteiger partial charge in [-0.1, -0.05) is 62.2 Å². The summed E-state index contributed by atoms with van der Waals surface area (Å²) in [6.45, 7) is 9.18. The normalized spacial score (nSPS) is 25.2. The molecular formula is C30H37Cl2FN4O2. The van der Waals surface area contributed by atoms with Crippen molar-refractivity contribution in [3.63, 3.8) is 0 Å². The number of piperidine rings is 1. The number of rotatable bonds is 5. The van der Waals surface area contributed by atoms with Crippen molar-refractivity contribution >= 4 is 40.8 Å². The number of likely N-dealkylation sites (tertiary alicyclic amines) is 1. The van der Waals surface area contributed by atoms with Crippen LogP contribution in [0.3, 0.4) is 0 Å². The predicted octanol–water partition coefficient (Wildman–Crippen LogP) is 6.53. The average molecular weight is 576 g/mol. The van der Waals surface area contributed by atoms with Crippen LogP contribution in [0.5, 0.6) is 0 Å². The highest BCUT2D eigenvalue weighted by molar-refractivity contribution is 6.31. The molecule has 2 aromatic rings. The van der Waals surface area contributed by atoms with E-state index in [2.05, 4.69) is 36.7 Å². The summed E-state index contributed by atoms with van der Waals surface area (Å²) >= 11 is 12.6. The molecular weight excluding hydrogens is 538 g/mol. The standard InChI is InChI=1S/C30H37Cl2FN4O2/c1-29(2,3)16-19-17-37(28(39)35-14-11-18-9-12-34-13-10-18)26(21-5-4-6-23(32)25(21)33)30(19)22-8-7-20(31)15-24(22)36-27(30)38/h4-8,15,18-19,26,34H,9-14,16-17H2,1-3H3,(H,35,39)(H,36,38)/t19-,26?,30+/m1/s1. The number of anilines is 1. The van der Waals surface area contributed by atoms with Crippen LogP contribution in [-0.2, 0) is 10.2 Å². The van der Waals surface area contributed by atoms with Crippen LogP contribution in [0, 0.1) is 23.1 Å². The second kappa shape index (κ2) is 10.9. The number of hydrogen-bond acceptors (Lipinski definition) is 3. The fourth-order valence-corrected chi connectivity index (χ4v) is 7.28. The molecule has 0 bridgehead atoms. The summed E-state index contributed by atoms with van der Waals surface area (Å²) in [5.74, 6) is -0.562. The van der Waals surface area contributed by atoms with E-state index < -0.39 is 17.3 Å². The quantitative estimate of drug-likeness (QED) is 0.380. The van der Waals surface area contributed by atoms with E-state index >= 15 is 4.39 Å². The van der Waals surface area contributed by atoms with Gasteiger partial charge in [0.05, 0.1) is 11.1 Å². The zero-order valence-corrected chi connectivity index (χ0v) is 24.3. The maximum Gasteiger partial charge on any atom is 0.317 e. The van der Waals surface area contributed by atoms with Crippen molar-refractivity contribution in [3.8, 4) is 0 Å². The van der Waals surface area contributed by atoms with Gasteiger partial charge in [-0.2, -0.15) is 0 Å². The maximum atomic E-state index is 15.8. The van der Waals surface area contributed by atoms with Crippen molar-refractivity contribution in [2.24, 2.45) is 17.3 Å². The van der Waals surface area contributed by atoms with Crippen LogP contribution in [0.15, 0.2) is 36.4 Å². The van der Waals surface area contributed by atoms with Gasteiger partial charge in [-0.05, 0) is 79.8 Å². The van der Waals surface area contributed by atoms with E-state index in [1.54, 1.807) is 29.2 Å². The molecule has 3 aliphatic rings. The molecule has 39 heavy (non-hydrogen) atoms. The predicted molar refractivity (Wildman–Crippen MR) is 154 cm³/mol. The zero-order valence-electron chi connectivity index (χ0n) is 22.8. The largest absolute Gasteiger partial charge is 0.338 e. The van der Waals surface area contributed by atoms with Gasteiger partial charge in [0, 0.05) is 29.4 Å². The molecule has 6 nitrogen and oxygen atoms in total. The van der Waals surface area contributed by atoms with Crippen molar-refractivity contribution in [3.05, 3.63) is 63.4 Å². The molecule has 3 aliphatic heterocycles. The van der Waals surface area contributed by atoms with Gasteiger partial charge >= 0.3 is 6.03 Å². The van der Waals surface area contributed by atoms with Crippen LogP contribution in [0.25, 0.3) is 0 Å². The number of nitrogens with zero attached hydrogens (tertiary/aromatic N) is 1. The minimum Gasteiger partial charge on any atom is -0.338 e. The van der Waals surface area contributed by atoms with E-state index in [-0.39, 0.29) is 33.9 Å². The number of urea groups is 1. The Labute approximate surface area is 240 Å². The van der Waals surface area contributed by atoms with Gasteiger partial charge in [0.25, 0.3) is 0 Å². The van der Waals surface area contributed by atoms with Gasteiger partial charge in [-0.25, -0.2) is 9.18 Å². The molecule has 3 heterocycles. The Balaban J connectivity index is 1.59. The fraction of sp³-hybridized carbons (Fsp3) is 0.533. The summed E-state index contributed by atoms with van der Waals surface area (Å²) in [6, 6.07) is 8.95. The number of carbonyl (C=O) groups is 2. The van der Waals surface area contributed by atoms with Crippen LogP contribution in [0.4, 0.5) is 14.9 Å². The second-order valence-corrected chi connectivity index (χ2v) is 13.2. The molecule has 0 aromatic heterocycles. The van der Waals surface area contributed by atoms with Gasteiger partial charge in [0.15, 0.2) is 0 Å². The van der Waals surface area contributed by atoms with Crippen molar-refractivity contribution < 1.29 is 14.0 Å². The Morgan fingerprint density at radius 2 is 1.92 bits per heavy atom. The third kappa shape index (κ3) is 5.25. The first-order valence-electron chi connectivity index (χ1n) is 13.8. The monoisotopic (exact) mass is 574 g/mol. The number of benzene rings is 2. The molecule has 210 valence electrons. The highest BCUT2D eigenvalue weighted by atomic mass is 35.5. The van der Waals surface area contributed by atoms with Gasteiger partial charge in [-0.3, -0.25) is 4.79 Å². The minimum absolute atomic E-state index is 0.0390. The number of nitrogens with one attached hydrogen (secondary N) is 3. The van der Waals surface area contributed by atoms with Crippen LogP contribution < -0.4 is 16.0 Å². The molecule has 3 amide bonds. The summed E-state index contributed by atoms with van der Waals surface area (Å²) in [5, 5.41) is 9.95. The lowest BCUT2D eigenvalue weighted by molar-refractivity contribution is -0.123. The molecule has 3 N–H and O–H groups in total. The van der Waals surface area contributed by atoms with Gasteiger partial charge in [-0.15, -0.1) is 0 Å². The smallest absolute Gasteiger partial charge is 0.317 e. The van der Waals surface area contributed by atoms with Gasteiger partial charge < -0.3 is 20.9 Å². The molecule has 3 atom stereocenters. The van der Waals surface area contributed by atoms with Crippen molar-refractivity contribution in [1.29, 1.82) is 0 Å². The lowest BCUT2D eigenvalue weighted by atomic mass is 9.63. The molecule has 2 fully saturated rings. The van der Waals surface area contributed by atoms with Crippen molar-refractivity contribution in [1.82, 2.24) is 15.5 Å². The number of amides is 3. The topological polar surface area (TPSA) is 73.5 Å². The molecule has 1 spiro atoms. The number of halogens is 3. The summed E-state index contributed by atoms with van der Waals surface area (Å²) in [7, 11) is 0. The highest BCUT2D eigenvalue weighted by Gasteiger charge is 2.65. The van der Waals surface area contributed by atoms with Crippen LogP contribution in [-0.4, -0.2) is 43.0 Å². The van der Waals surface area contributed by atoms with E-state index in [1.165, 1.54) is 6.07 Å². The Kier molecular flexibility index (Phi) is 7.88. The SMILES string of the molecule is CC(C)(C)C[C@@H]1CN(C(=O)NCCC2CCNCC2)C(c2cccc(Cl)c2F)[C@]12C(=O)Nc1cc(Cl)ccc12. The summed E-state index contributed by atoms with van der Waals surface area (Å²) in [5.41, 5.74) is 0.231. The number of hydrogen-bond donors (Lipinski definition) is 3. The fourth-order valence-electron chi connectivity index (χ4n) is 6.93. The first-order valence-corrected chi connectivity index (χ1v) is 14.6. The molecule has 0 aliphatic carbocycles. The molecule has 9 heteroatoms. The average Bonchev–Trinajstić information content (AvgIpc) is 3.35. The second-order valence-electron chi connectivity index (χ2n) is 12.4. The van der Waals surface area contributed by atoms with Crippen LogP contribution >= 0.6 is 23.2 Å². The van der Waals surface area contributed by atoms with Gasteiger partial charge in [0.2, 0.25) is 5.91 Å². The van der Waals surface area contributed by atoms with E-state index in [0.29, 0.717) is 36.1 Å². The first kappa shape index (κ1) is 28.2. The Morgan fingerprint density at radius 1 is 1.18 bits per heavy atom. The van der Waals surface area contributed by atoms with E-state index in [4.69, 9.17) is 23.2 Å². The molecule has 2 saturated heterocycles. The van der Waals surface area contributed by atoms with Crippen LogP contribution in [0.1, 0.15) is 63.6 Å². The molecule has 2 aromatic carbocycles. The Morgan fingerprint density at radius 3 is 2.64 bits per heavy atom. The van der Waals surface area contributed by atoms with Crippen LogP contribution in [0.2, 0.25) is 10.0 Å². The zero-order chi connectivity index (χ0) is 27.9. The lowest BCUT2D eigenvalue weighted by Crippen LogP contribution is -2.48.